The number of benzene rings is 1. The second kappa shape index (κ2) is 32.2. The van der Waals surface area contributed by atoms with Crippen molar-refractivity contribution in [1.29, 1.82) is 0 Å². The molecule has 1 atom stereocenters. The summed E-state index contributed by atoms with van der Waals surface area (Å²) < 4.78 is 50.9. The molecule has 1 saturated heterocycles. The minimum Gasteiger partial charge on any atom is -0.355 e. The van der Waals surface area contributed by atoms with E-state index in [0.717, 1.165) is 35.0 Å². The topological polar surface area (TPSA) is 36.4 Å². The summed E-state index contributed by atoms with van der Waals surface area (Å²) >= 11 is 0. The van der Waals surface area contributed by atoms with Crippen molar-refractivity contribution in [2.75, 3.05) is 18.4 Å². The van der Waals surface area contributed by atoms with Crippen LogP contribution in [0.25, 0.3) is 5.57 Å². The molecule has 0 bridgehead atoms. The van der Waals surface area contributed by atoms with E-state index >= 15 is 0 Å². The number of hydrogen-bond acceptors (Lipinski definition) is 3. The minimum absolute atomic E-state index is 0.301. The van der Waals surface area contributed by atoms with Crippen LogP contribution in [0.15, 0.2) is 107 Å². The highest BCUT2D eigenvalue weighted by Crippen LogP contribution is 2.25. The Labute approximate surface area is 317 Å². The molecular weight excluding hydrogens is 659 g/mol. The van der Waals surface area contributed by atoms with Gasteiger partial charge in [0.25, 0.3) is 5.92 Å². The van der Waals surface area contributed by atoms with Crippen molar-refractivity contribution in [3.8, 4) is 0 Å². The van der Waals surface area contributed by atoms with Crippen molar-refractivity contribution in [1.82, 2.24) is 5.32 Å². The highest BCUT2D eigenvalue weighted by molar-refractivity contribution is 6.08. The summed E-state index contributed by atoms with van der Waals surface area (Å²) in [5.74, 6) is -3.14. The Hall–Kier alpha value is -3.45. The molecule has 1 aliphatic rings. The third-order valence-electron chi connectivity index (χ3n) is 7.37. The van der Waals surface area contributed by atoms with Crippen LogP contribution in [-0.4, -0.2) is 37.2 Å². The largest absolute Gasteiger partial charge is 0.355 e. The molecule has 1 aromatic rings. The zero-order valence-electron chi connectivity index (χ0n) is 34.8. The van der Waals surface area contributed by atoms with E-state index in [-0.39, 0.29) is 6.54 Å². The maximum absolute atomic E-state index is 13.5. The number of anilines is 1. The summed E-state index contributed by atoms with van der Waals surface area (Å²) in [6.07, 6.45) is 14.1. The van der Waals surface area contributed by atoms with Crippen LogP contribution in [0.3, 0.4) is 0 Å². The van der Waals surface area contributed by atoms with Crippen molar-refractivity contribution >= 4 is 17.0 Å². The van der Waals surface area contributed by atoms with E-state index in [1.54, 1.807) is 26.8 Å². The molecule has 1 fully saturated rings. The molecular formula is C45H73F4N3. The number of hydrogen-bond donors (Lipinski definition) is 2. The highest BCUT2D eigenvalue weighted by atomic mass is 19.3. The first kappa shape index (κ1) is 52.9. The van der Waals surface area contributed by atoms with Crippen LogP contribution in [0, 0.1) is 0 Å². The van der Waals surface area contributed by atoms with Gasteiger partial charge in [0.1, 0.15) is 5.71 Å². The maximum atomic E-state index is 13.5. The molecule has 2 N–H and O–H groups in total. The molecule has 2 rings (SSSR count). The van der Waals surface area contributed by atoms with Gasteiger partial charge < -0.3 is 10.6 Å². The molecule has 7 heteroatoms. The summed E-state index contributed by atoms with van der Waals surface area (Å²) in [6, 6.07) is 8.86. The average molecular weight is 732 g/mol. The Bertz CT molecular complexity index is 1270. The van der Waals surface area contributed by atoms with Crippen LogP contribution in [-0.2, 0) is 0 Å². The number of halogens is 4. The van der Waals surface area contributed by atoms with Crippen LogP contribution >= 0.6 is 0 Å². The predicted octanol–water partition coefficient (Wildman–Crippen LogP) is 14.7. The third-order valence-corrected chi connectivity index (χ3v) is 7.37. The first-order chi connectivity index (χ1) is 24.4. The van der Waals surface area contributed by atoms with Crippen molar-refractivity contribution in [3.05, 3.63) is 108 Å². The second-order valence-corrected chi connectivity index (χ2v) is 12.9. The van der Waals surface area contributed by atoms with E-state index in [4.69, 9.17) is 0 Å². The lowest BCUT2D eigenvalue weighted by molar-refractivity contribution is 0.1000. The molecule has 0 amide bonds. The Morgan fingerprint density at radius 2 is 1.52 bits per heavy atom. The summed E-state index contributed by atoms with van der Waals surface area (Å²) in [7, 11) is 0. The summed E-state index contributed by atoms with van der Waals surface area (Å²) in [4.78, 5) is 3.65. The SMILES string of the molecule is C/C=C(C(=NCCC(F)F)C(C)(F)F)/C(C)=C/C.C=C(C)/C(=C\C=C/C)Nc1ccc(C(=C)C)cc1.C=C(C)C1CCCN1.CCC.CCCCC. The Morgan fingerprint density at radius 3 is 1.83 bits per heavy atom. The molecule has 0 saturated carbocycles. The van der Waals surface area contributed by atoms with E-state index in [2.05, 4.69) is 94.2 Å². The summed E-state index contributed by atoms with van der Waals surface area (Å²) in [5, 5.41) is 6.72. The molecule has 296 valence electrons. The predicted molar refractivity (Wildman–Crippen MR) is 226 cm³/mol. The fraction of sp³-hybridized carbons (Fsp3) is 0.533. The Balaban J connectivity index is -0.000000655. The lowest BCUT2D eigenvalue weighted by atomic mass is 9.98. The molecule has 1 heterocycles. The number of rotatable bonds is 14. The number of unbranched alkanes of at least 4 members (excludes halogenated alkanes) is 2. The normalized spacial score (nSPS) is 14.9. The van der Waals surface area contributed by atoms with Gasteiger partial charge in [0.2, 0.25) is 6.43 Å². The van der Waals surface area contributed by atoms with Gasteiger partial charge in [-0.1, -0.05) is 121 Å². The zero-order valence-corrected chi connectivity index (χ0v) is 34.8. The lowest BCUT2D eigenvalue weighted by Gasteiger charge is -2.18. The molecule has 0 radical (unpaired) electrons. The van der Waals surface area contributed by atoms with Crippen LogP contribution < -0.4 is 10.6 Å². The van der Waals surface area contributed by atoms with Gasteiger partial charge in [-0.2, -0.15) is 8.78 Å². The van der Waals surface area contributed by atoms with Crippen LogP contribution in [0.2, 0.25) is 0 Å². The van der Waals surface area contributed by atoms with Gasteiger partial charge >= 0.3 is 0 Å². The van der Waals surface area contributed by atoms with Crippen molar-refractivity contribution in [2.45, 2.75) is 146 Å². The number of allylic oxidation sites excluding steroid dienone is 9. The van der Waals surface area contributed by atoms with E-state index in [0.29, 0.717) is 17.2 Å². The fourth-order valence-electron chi connectivity index (χ4n) is 4.38. The van der Waals surface area contributed by atoms with E-state index in [1.807, 2.05) is 39.0 Å². The summed E-state index contributed by atoms with van der Waals surface area (Å²) in [6.45, 7) is 35.2. The van der Waals surface area contributed by atoms with Crippen LogP contribution in [0.1, 0.15) is 134 Å². The van der Waals surface area contributed by atoms with Crippen molar-refractivity contribution < 1.29 is 17.6 Å². The van der Waals surface area contributed by atoms with Gasteiger partial charge in [0.05, 0.1) is 0 Å². The van der Waals surface area contributed by atoms with Gasteiger partial charge in [-0.3, -0.25) is 4.99 Å². The molecule has 0 spiro atoms. The quantitative estimate of drug-likeness (QED) is 0.0865. The standard InChI is InChI=1S/C17H21N.C13H19F4N.C7H13N.C5H12.C3H8/c1-6-7-8-17(14(4)5)18-16-11-9-15(10-12-16)13(2)3;1-5-9(3)10(6-2)12(13(4,16)17)18-8-7-11(14)15;1-6(2)7-4-3-5-8-7;1-3-5-4-2;1-3-2/h6-12,18H,2,4H2,1,3,5H3;5-6,11H,7-8H2,1-4H3;7-8H,1,3-5H2,2H3;3-5H2,1-2H3;3H2,1-2H3/b7-6-,17-8+;9-5+,10-6-,18-12?;;;. The second-order valence-electron chi connectivity index (χ2n) is 12.9. The molecule has 3 nitrogen and oxygen atoms in total. The number of alkyl halides is 4. The average Bonchev–Trinajstić information content (AvgIpc) is 3.63. The van der Waals surface area contributed by atoms with E-state index in [9.17, 15) is 17.6 Å². The summed E-state index contributed by atoms with van der Waals surface area (Å²) in [5.41, 5.74) is 7.13. The highest BCUT2D eigenvalue weighted by Gasteiger charge is 2.32. The molecule has 52 heavy (non-hydrogen) atoms. The van der Waals surface area contributed by atoms with Crippen LogP contribution in [0.5, 0.6) is 0 Å². The zero-order chi connectivity index (χ0) is 40.7. The van der Waals surface area contributed by atoms with Crippen molar-refractivity contribution in [2.24, 2.45) is 4.99 Å². The maximum Gasteiger partial charge on any atom is 0.287 e. The third kappa shape index (κ3) is 27.2. The van der Waals surface area contributed by atoms with E-state index < -0.39 is 24.5 Å². The molecule has 0 aromatic heterocycles. The molecule has 1 unspecified atom stereocenters. The number of nitrogens with one attached hydrogen (secondary N) is 2. The van der Waals surface area contributed by atoms with E-state index in [1.165, 1.54) is 56.7 Å². The van der Waals surface area contributed by atoms with Crippen LogP contribution in [0.4, 0.5) is 23.2 Å². The Kier molecular flexibility index (Phi) is 32.8. The van der Waals surface area contributed by atoms with Gasteiger partial charge in [-0.05, 0) is 108 Å². The first-order valence-corrected chi connectivity index (χ1v) is 18.8. The minimum atomic E-state index is -3.14. The lowest BCUT2D eigenvalue weighted by Crippen LogP contribution is -2.27. The van der Waals surface area contributed by atoms with Crippen molar-refractivity contribution in [3.63, 3.8) is 0 Å². The Morgan fingerprint density at radius 1 is 0.962 bits per heavy atom. The van der Waals surface area contributed by atoms with Gasteiger partial charge in [-0.25, -0.2) is 8.78 Å². The first-order valence-electron chi connectivity index (χ1n) is 18.8. The van der Waals surface area contributed by atoms with Gasteiger partial charge in [0.15, 0.2) is 0 Å². The number of nitrogens with zero attached hydrogens (tertiary/aromatic N) is 1. The molecule has 1 aliphatic heterocycles. The molecule has 0 aliphatic carbocycles. The fourth-order valence-corrected chi connectivity index (χ4v) is 4.38. The molecule has 1 aromatic carbocycles. The number of aliphatic imine (C=N–C) groups is 1. The smallest absolute Gasteiger partial charge is 0.287 e. The monoisotopic (exact) mass is 732 g/mol. The van der Waals surface area contributed by atoms with Gasteiger partial charge in [-0.15, -0.1) is 0 Å². The van der Waals surface area contributed by atoms with Gasteiger partial charge in [0, 0.05) is 37.3 Å².